The number of carbonyl (C=O) groups excluding carboxylic acids is 1. The summed E-state index contributed by atoms with van der Waals surface area (Å²) in [5, 5.41) is 6.44. The Hall–Kier alpha value is -2.45. The Morgan fingerprint density at radius 3 is 3.12 bits per heavy atom. The number of rotatable bonds is 5. The third-order valence-corrected chi connectivity index (χ3v) is 3.82. The van der Waals surface area contributed by atoms with Gasteiger partial charge in [-0.2, -0.15) is 0 Å². The highest BCUT2D eigenvalue weighted by molar-refractivity contribution is 5.88. The number of benzene rings is 1. The van der Waals surface area contributed by atoms with Crippen LogP contribution in [0.15, 0.2) is 34.9 Å². The average molecular weight is 349 g/mol. The molecule has 0 aliphatic carbocycles. The summed E-state index contributed by atoms with van der Waals surface area (Å²) in [7, 11) is 0. The lowest BCUT2D eigenvalue weighted by Crippen LogP contribution is -2.48. The van der Waals surface area contributed by atoms with Crippen LogP contribution in [0.5, 0.6) is 0 Å². The molecule has 1 saturated heterocycles. The molecule has 1 aromatic carbocycles. The maximum absolute atomic E-state index is 13.8. The Kier molecular flexibility index (Phi) is 5.62. The lowest BCUT2D eigenvalue weighted by molar-refractivity contribution is -0.0555. The van der Waals surface area contributed by atoms with E-state index in [1.54, 1.807) is 23.1 Å². The second kappa shape index (κ2) is 8.09. The number of amides is 2. The van der Waals surface area contributed by atoms with Gasteiger partial charge in [0.1, 0.15) is 5.82 Å². The fourth-order valence-electron chi connectivity index (χ4n) is 2.56. The molecule has 1 unspecified atom stereocenters. The minimum atomic E-state index is -0.413. The first-order valence-electron chi connectivity index (χ1n) is 8.14. The number of morpholine rings is 1. The van der Waals surface area contributed by atoms with Crippen LogP contribution in [0.2, 0.25) is 0 Å². The lowest BCUT2D eigenvalue weighted by Gasteiger charge is -2.32. The zero-order valence-corrected chi connectivity index (χ0v) is 13.9. The van der Waals surface area contributed by atoms with Gasteiger partial charge in [0.15, 0.2) is 11.6 Å². The number of urea groups is 1. The highest BCUT2D eigenvalue weighted by Crippen LogP contribution is 2.25. The monoisotopic (exact) mass is 349 g/mol. The van der Waals surface area contributed by atoms with Gasteiger partial charge in [0.2, 0.25) is 0 Å². The fraction of sp³-hybridized carbons (Fsp3) is 0.412. The zero-order valence-electron chi connectivity index (χ0n) is 13.9. The molecule has 134 valence electrons. The van der Waals surface area contributed by atoms with Gasteiger partial charge in [-0.1, -0.05) is 17.3 Å². The highest BCUT2D eigenvalue weighted by atomic mass is 19.1. The lowest BCUT2D eigenvalue weighted by atomic mass is 10.1. The Bertz CT molecular complexity index is 721. The molecule has 1 N–H and O–H groups in total. The average Bonchev–Trinajstić information content (AvgIpc) is 3.09. The summed E-state index contributed by atoms with van der Waals surface area (Å²) < 4.78 is 29.8. The van der Waals surface area contributed by atoms with Gasteiger partial charge in [0.25, 0.3) is 0 Å². The van der Waals surface area contributed by atoms with Gasteiger partial charge in [-0.25, -0.2) is 9.18 Å². The first kappa shape index (κ1) is 17.4. The molecule has 7 nitrogen and oxygen atoms in total. The molecule has 0 radical (unpaired) electrons. The van der Waals surface area contributed by atoms with Crippen LogP contribution in [-0.4, -0.2) is 55.1 Å². The molecular formula is C17H20FN3O4. The number of halogens is 1. The molecule has 3 rings (SSSR count). The summed E-state index contributed by atoms with van der Waals surface area (Å²) in [6, 6.07) is 7.40. The van der Waals surface area contributed by atoms with E-state index in [4.69, 9.17) is 14.0 Å². The molecule has 1 aliphatic rings. The van der Waals surface area contributed by atoms with Crippen molar-refractivity contribution in [2.24, 2.45) is 0 Å². The van der Waals surface area contributed by atoms with Gasteiger partial charge in [-0.05, 0) is 19.1 Å². The van der Waals surface area contributed by atoms with Crippen molar-refractivity contribution in [2.45, 2.75) is 13.0 Å². The van der Waals surface area contributed by atoms with Crippen LogP contribution >= 0.6 is 0 Å². The minimum absolute atomic E-state index is 0.147. The predicted molar refractivity (Wildman–Crippen MR) is 88.7 cm³/mol. The molecule has 0 spiro atoms. The number of nitrogens with zero attached hydrogens (tertiary/aromatic N) is 2. The number of ether oxygens (including phenoxy) is 2. The van der Waals surface area contributed by atoms with Crippen molar-refractivity contribution in [1.29, 1.82) is 0 Å². The Labute approximate surface area is 144 Å². The summed E-state index contributed by atoms with van der Waals surface area (Å²) in [6.07, 6.45) is -0.147. The first-order valence-corrected chi connectivity index (χ1v) is 8.14. The van der Waals surface area contributed by atoms with E-state index in [0.717, 1.165) is 0 Å². The van der Waals surface area contributed by atoms with E-state index < -0.39 is 5.82 Å². The van der Waals surface area contributed by atoms with Gasteiger partial charge in [0.05, 0.1) is 31.4 Å². The molecule has 1 aromatic heterocycles. The molecule has 2 heterocycles. The van der Waals surface area contributed by atoms with E-state index in [0.29, 0.717) is 38.5 Å². The van der Waals surface area contributed by atoms with Crippen LogP contribution in [0, 0.1) is 5.82 Å². The maximum atomic E-state index is 13.8. The summed E-state index contributed by atoms with van der Waals surface area (Å²) in [4.78, 5) is 14.0. The van der Waals surface area contributed by atoms with Crippen LogP contribution in [0.4, 0.5) is 15.0 Å². The largest absolute Gasteiger partial charge is 0.379 e. The summed E-state index contributed by atoms with van der Waals surface area (Å²) >= 11 is 0. The van der Waals surface area contributed by atoms with Gasteiger partial charge in [0, 0.05) is 19.2 Å². The SMILES string of the molecule is CCOCC1CN(C(=O)Nc2cc(-c3ccccc3F)on2)CCO1. The van der Waals surface area contributed by atoms with Gasteiger partial charge < -0.3 is 18.9 Å². The molecule has 0 saturated carbocycles. The maximum Gasteiger partial charge on any atom is 0.323 e. The molecule has 0 bridgehead atoms. The van der Waals surface area contributed by atoms with Crippen LogP contribution < -0.4 is 5.32 Å². The molecule has 8 heteroatoms. The molecule has 2 amide bonds. The number of nitrogens with one attached hydrogen (secondary N) is 1. The van der Waals surface area contributed by atoms with E-state index in [2.05, 4.69) is 10.5 Å². The zero-order chi connectivity index (χ0) is 17.6. The van der Waals surface area contributed by atoms with Crippen molar-refractivity contribution in [2.75, 3.05) is 38.2 Å². The second-order valence-corrected chi connectivity index (χ2v) is 5.58. The minimum Gasteiger partial charge on any atom is -0.379 e. The topological polar surface area (TPSA) is 76.8 Å². The van der Waals surface area contributed by atoms with E-state index in [1.165, 1.54) is 12.1 Å². The van der Waals surface area contributed by atoms with E-state index >= 15 is 0 Å². The highest BCUT2D eigenvalue weighted by Gasteiger charge is 2.25. The number of carbonyl (C=O) groups is 1. The molecule has 1 fully saturated rings. The summed E-state index contributed by atoms with van der Waals surface area (Å²) in [6.45, 7) is 4.32. The third-order valence-electron chi connectivity index (χ3n) is 3.82. The summed E-state index contributed by atoms with van der Waals surface area (Å²) in [5.74, 6) is 0.0733. The van der Waals surface area contributed by atoms with Crippen molar-refractivity contribution < 1.29 is 23.2 Å². The Balaban J connectivity index is 1.61. The standard InChI is InChI=1S/C17H20FN3O4/c1-2-23-11-12-10-21(7-8-24-12)17(22)19-16-9-15(25-20-16)13-5-3-4-6-14(13)18/h3-6,9,12H,2,7-8,10-11H2,1H3,(H,19,20,22). The smallest absolute Gasteiger partial charge is 0.323 e. The van der Waals surface area contributed by atoms with Crippen LogP contribution in [-0.2, 0) is 9.47 Å². The van der Waals surface area contributed by atoms with Crippen LogP contribution in [0.3, 0.4) is 0 Å². The first-order chi connectivity index (χ1) is 12.2. The number of hydrogen-bond acceptors (Lipinski definition) is 5. The van der Waals surface area contributed by atoms with Gasteiger partial charge in [-0.15, -0.1) is 0 Å². The number of anilines is 1. The van der Waals surface area contributed by atoms with Gasteiger partial charge >= 0.3 is 6.03 Å². The Morgan fingerprint density at radius 2 is 2.32 bits per heavy atom. The van der Waals surface area contributed by atoms with Crippen molar-refractivity contribution in [3.05, 3.63) is 36.1 Å². The summed E-state index contributed by atoms with van der Waals surface area (Å²) in [5.41, 5.74) is 0.290. The second-order valence-electron chi connectivity index (χ2n) is 5.58. The van der Waals surface area contributed by atoms with Crippen molar-refractivity contribution in [3.8, 4) is 11.3 Å². The van der Waals surface area contributed by atoms with Gasteiger partial charge in [-0.3, -0.25) is 5.32 Å². The molecule has 1 atom stereocenters. The molecule has 2 aromatic rings. The van der Waals surface area contributed by atoms with E-state index in [9.17, 15) is 9.18 Å². The van der Waals surface area contributed by atoms with Crippen molar-refractivity contribution in [3.63, 3.8) is 0 Å². The third kappa shape index (κ3) is 4.34. The molecule has 1 aliphatic heterocycles. The molecule has 25 heavy (non-hydrogen) atoms. The molecular weight excluding hydrogens is 329 g/mol. The van der Waals surface area contributed by atoms with Crippen molar-refractivity contribution >= 4 is 11.8 Å². The quantitative estimate of drug-likeness (QED) is 0.898. The van der Waals surface area contributed by atoms with E-state index in [1.807, 2.05) is 6.92 Å². The fourth-order valence-corrected chi connectivity index (χ4v) is 2.56. The van der Waals surface area contributed by atoms with Crippen LogP contribution in [0.25, 0.3) is 11.3 Å². The number of hydrogen-bond donors (Lipinski definition) is 1. The Morgan fingerprint density at radius 1 is 1.48 bits per heavy atom. The van der Waals surface area contributed by atoms with E-state index in [-0.39, 0.29) is 23.7 Å². The normalized spacial score (nSPS) is 17.5. The number of aromatic nitrogens is 1. The van der Waals surface area contributed by atoms with Crippen LogP contribution in [0.1, 0.15) is 6.92 Å². The predicted octanol–water partition coefficient (Wildman–Crippen LogP) is 2.75. The van der Waals surface area contributed by atoms with Crippen molar-refractivity contribution in [1.82, 2.24) is 10.1 Å².